The lowest BCUT2D eigenvalue weighted by atomic mass is 10.1. The normalized spacial score (nSPS) is 18.9. The number of aromatic nitrogens is 3. The van der Waals surface area contributed by atoms with Gasteiger partial charge in [0.1, 0.15) is 29.4 Å². The highest BCUT2D eigenvalue weighted by atomic mass is 19.4. The largest absolute Gasteiger partial charge is 0.493 e. The van der Waals surface area contributed by atoms with Gasteiger partial charge >= 0.3 is 6.18 Å². The molecule has 2 fully saturated rings. The third-order valence-electron chi connectivity index (χ3n) is 7.25. The molecular weight excluding hydrogens is 527 g/mol. The van der Waals surface area contributed by atoms with E-state index in [9.17, 15) is 23.1 Å². The Kier molecular flexibility index (Phi) is 7.90. The average Bonchev–Trinajstić information content (AvgIpc) is 3.44. The molecule has 0 aliphatic carbocycles. The van der Waals surface area contributed by atoms with Gasteiger partial charge in [-0.25, -0.2) is 10.1 Å². The van der Waals surface area contributed by atoms with Gasteiger partial charge in [-0.15, -0.1) is 0 Å². The number of pyridine rings is 1. The zero-order chi connectivity index (χ0) is 28.3. The second-order valence-electron chi connectivity index (χ2n) is 9.85. The fraction of sp³-hybridized carbons (Fsp3) is 0.407. The van der Waals surface area contributed by atoms with Crippen molar-refractivity contribution in [3.05, 3.63) is 75.8 Å². The SMILES string of the molecule is N#Cc1ccc(N2CCN(C(O)c3cccc(OCC4CCN(c5cn[nH]c(=O)c5C(F)(F)F)C4)c3)CC2)nc1. The number of nitrogens with zero attached hydrogens (tertiary/aromatic N) is 6. The number of ether oxygens (including phenoxy) is 1. The van der Waals surface area contributed by atoms with Crippen molar-refractivity contribution in [1.82, 2.24) is 20.1 Å². The van der Waals surface area contributed by atoms with Crippen LogP contribution >= 0.6 is 0 Å². The molecule has 3 aromatic rings. The number of nitriles is 1. The standard InChI is InChI=1S/C27H28F3N7O3/c28-27(29,30)24-22(15-33-34-25(24)38)37-7-6-19(16-37)17-40-21-3-1-2-20(12-21)26(39)36-10-8-35(9-11-36)23-5-4-18(13-31)14-32-23/h1-5,12,14-15,19,26,39H,6-11,16-17H2,(H,34,38). The Balaban J connectivity index is 1.15. The van der Waals surface area contributed by atoms with Crippen LogP contribution in [0, 0.1) is 17.2 Å². The summed E-state index contributed by atoms with van der Waals surface area (Å²) in [4.78, 5) is 21.7. The summed E-state index contributed by atoms with van der Waals surface area (Å²) in [6, 6.07) is 12.8. The van der Waals surface area contributed by atoms with Crippen molar-refractivity contribution in [3.8, 4) is 11.8 Å². The van der Waals surface area contributed by atoms with Gasteiger partial charge < -0.3 is 19.6 Å². The molecule has 0 radical (unpaired) electrons. The quantitative estimate of drug-likeness (QED) is 0.453. The number of halogens is 3. The molecule has 210 valence electrons. The van der Waals surface area contributed by atoms with Gasteiger partial charge in [-0.1, -0.05) is 12.1 Å². The summed E-state index contributed by atoms with van der Waals surface area (Å²) in [5.41, 5.74) is -1.53. The molecule has 2 saturated heterocycles. The van der Waals surface area contributed by atoms with E-state index in [2.05, 4.69) is 21.1 Å². The number of alkyl halides is 3. The van der Waals surface area contributed by atoms with Crippen LogP contribution in [-0.2, 0) is 6.18 Å². The van der Waals surface area contributed by atoms with Gasteiger partial charge in [-0.2, -0.15) is 23.5 Å². The van der Waals surface area contributed by atoms with Gasteiger partial charge in [-0.05, 0) is 36.2 Å². The number of anilines is 2. The van der Waals surface area contributed by atoms with Crippen molar-refractivity contribution < 1.29 is 23.0 Å². The number of rotatable bonds is 7. The molecular formula is C27H28F3N7O3. The van der Waals surface area contributed by atoms with E-state index in [4.69, 9.17) is 10.00 Å². The van der Waals surface area contributed by atoms with E-state index in [0.717, 1.165) is 12.0 Å². The Hall–Kier alpha value is -4.15. The molecule has 4 heterocycles. The highest BCUT2D eigenvalue weighted by molar-refractivity contribution is 5.53. The molecule has 2 unspecified atom stereocenters. The van der Waals surface area contributed by atoms with Crippen molar-refractivity contribution in [1.29, 1.82) is 5.26 Å². The molecule has 10 nitrogen and oxygen atoms in total. The molecule has 2 atom stereocenters. The first-order valence-electron chi connectivity index (χ1n) is 12.9. The van der Waals surface area contributed by atoms with Crippen LogP contribution in [-0.4, -0.2) is 71.1 Å². The number of H-pyrrole nitrogens is 1. The molecule has 2 aliphatic rings. The molecule has 1 aromatic carbocycles. The van der Waals surface area contributed by atoms with Crippen LogP contribution in [0.25, 0.3) is 0 Å². The van der Waals surface area contributed by atoms with Gasteiger partial charge in [0.05, 0.1) is 24.1 Å². The van der Waals surface area contributed by atoms with Gasteiger partial charge in [0.25, 0.3) is 5.56 Å². The van der Waals surface area contributed by atoms with Gasteiger partial charge in [0, 0.05) is 51.4 Å². The van der Waals surface area contributed by atoms with Crippen LogP contribution in [0.4, 0.5) is 24.7 Å². The molecule has 2 N–H and O–H groups in total. The van der Waals surface area contributed by atoms with Crippen LogP contribution in [0.2, 0.25) is 0 Å². The third-order valence-corrected chi connectivity index (χ3v) is 7.25. The van der Waals surface area contributed by atoms with E-state index in [1.165, 1.54) is 4.90 Å². The number of aromatic amines is 1. The van der Waals surface area contributed by atoms with Crippen molar-refractivity contribution >= 4 is 11.5 Å². The molecule has 0 amide bonds. The maximum Gasteiger partial charge on any atom is 0.423 e. The lowest BCUT2D eigenvalue weighted by Crippen LogP contribution is -2.48. The molecule has 40 heavy (non-hydrogen) atoms. The lowest BCUT2D eigenvalue weighted by Gasteiger charge is -2.37. The van der Waals surface area contributed by atoms with Crippen LogP contribution in [0.1, 0.15) is 29.3 Å². The van der Waals surface area contributed by atoms with E-state index in [-0.39, 0.29) is 18.2 Å². The third kappa shape index (κ3) is 6.03. The zero-order valence-electron chi connectivity index (χ0n) is 21.5. The number of aliphatic hydroxyl groups is 1. The monoisotopic (exact) mass is 555 g/mol. The molecule has 2 aromatic heterocycles. The van der Waals surface area contributed by atoms with E-state index in [0.29, 0.717) is 62.6 Å². The van der Waals surface area contributed by atoms with E-state index < -0.39 is 23.5 Å². The van der Waals surface area contributed by atoms with Gasteiger partial charge in [-0.3, -0.25) is 9.69 Å². The Labute approximate surface area is 228 Å². The van der Waals surface area contributed by atoms with Crippen molar-refractivity contribution in [2.24, 2.45) is 5.92 Å². The minimum absolute atomic E-state index is 0.0436. The van der Waals surface area contributed by atoms with Gasteiger partial charge in [0.15, 0.2) is 0 Å². The summed E-state index contributed by atoms with van der Waals surface area (Å²) in [5, 5.41) is 25.4. The Morgan fingerprint density at radius 2 is 1.93 bits per heavy atom. The highest BCUT2D eigenvalue weighted by Crippen LogP contribution is 2.35. The molecule has 0 saturated carbocycles. The lowest BCUT2D eigenvalue weighted by molar-refractivity contribution is -0.138. The van der Waals surface area contributed by atoms with Crippen molar-refractivity contribution in [2.75, 3.05) is 55.7 Å². The second kappa shape index (κ2) is 11.5. The summed E-state index contributed by atoms with van der Waals surface area (Å²) < 4.78 is 46.3. The summed E-state index contributed by atoms with van der Waals surface area (Å²) in [5.74, 6) is 1.31. The zero-order valence-corrected chi connectivity index (χ0v) is 21.5. The van der Waals surface area contributed by atoms with Crippen molar-refractivity contribution in [2.45, 2.75) is 18.8 Å². The number of hydrogen-bond acceptors (Lipinski definition) is 9. The first-order chi connectivity index (χ1) is 19.2. The predicted octanol–water partition coefficient (Wildman–Crippen LogP) is 2.77. The Morgan fingerprint density at radius 1 is 1.12 bits per heavy atom. The topological polar surface area (TPSA) is 122 Å². The Morgan fingerprint density at radius 3 is 2.62 bits per heavy atom. The molecule has 13 heteroatoms. The highest BCUT2D eigenvalue weighted by Gasteiger charge is 2.40. The maximum atomic E-state index is 13.5. The molecule has 5 rings (SSSR count). The van der Waals surface area contributed by atoms with E-state index >= 15 is 0 Å². The summed E-state index contributed by atoms with van der Waals surface area (Å²) in [6.07, 6.45) is -2.42. The van der Waals surface area contributed by atoms with Crippen LogP contribution in [0.3, 0.4) is 0 Å². The number of piperazine rings is 1. The van der Waals surface area contributed by atoms with Gasteiger partial charge in [0.2, 0.25) is 0 Å². The fourth-order valence-electron chi connectivity index (χ4n) is 5.11. The first-order valence-corrected chi connectivity index (χ1v) is 12.9. The second-order valence-corrected chi connectivity index (χ2v) is 9.85. The van der Waals surface area contributed by atoms with E-state index in [1.807, 2.05) is 22.1 Å². The number of benzene rings is 1. The fourth-order valence-corrected chi connectivity index (χ4v) is 5.11. The number of nitrogens with one attached hydrogen (secondary N) is 1. The predicted molar refractivity (Wildman–Crippen MR) is 140 cm³/mol. The smallest absolute Gasteiger partial charge is 0.423 e. The Bertz CT molecular complexity index is 1420. The molecule has 2 aliphatic heterocycles. The molecule has 0 spiro atoms. The van der Waals surface area contributed by atoms with E-state index in [1.54, 1.807) is 30.5 Å². The molecule has 0 bridgehead atoms. The summed E-state index contributed by atoms with van der Waals surface area (Å²) >= 11 is 0. The minimum Gasteiger partial charge on any atom is -0.493 e. The average molecular weight is 556 g/mol. The van der Waals surface area contributed by atoms with Crippen LogP contribution in [0.5, 0.6) is 5.75 Å². The first kappa shape index (κ1) is 27.4. The van der Waals surface area contributed by atoms with Crippen LogP contribution in [0.15, 0.2) is 53.6 Å². The minimum atomic E-state index is -4.78. The number of hydrogen-bond donors (Lipinski definition) is 2. The van der Waals surface area contributed by atoms with Crippen molar-refractivity contribution in [3.63, 3.8) is 0 Å². The summed E-state index contributed by atoms with van der Waals surface area (Å²) in [7, 11) is 0. The maximum absolute atomic E-state index is 13.5. The number of aliphatic hydroxyl groups excluding tert-OH is 1. The van der Waals surface area contributed by atoms with Crippen LogP contribution < -0.4 is 20.1 Å². The summed E-state index contributed by atoms with van der Waals surface area (Å²) in [6.45, 7) is 3.50.